The molecule has 1 N–H and O–H groups in total. The van der Waals surface area contributed by atoms with Crippen LogP contribution in [0.5, 0.6) is 0 Å². The van der Waals surface area contributed by atoms with Crippen LogP contribution < -0.4 is 10.9 Å². The number of aromatic nitrogens is 4. The molecule has 128 valence electrons. The molecule has 1 aromatic carbocycles. The maximum atomic E-state index is 13.2. The average Bonchev–Trinajstić information content (AvgIpc) is 3.00. The molecule has 0 aliphatic rings. The van der Waals surface area contributed by atoms with Gasteiger partial charge in [0.05, 0.1) is 5.02 Å². The summed E-state index contributed by atoms with van der Waals surface area (Å²) in [5, 5.41) is 15.3. The Morgan fingerprint density at radius 3 is 2.84 bits per heavy atom. The second-order valence-corrected chi connectivity index (χ2v) is 6.53. The molecule has 0 spiro atoms. The van der Waals surface area contributed by atoms with Gasteiger partial charge >= 0.3 is 0 Å². The molecule has 0 saturated heterocycles. The fourth-order valence-corrected chi connectivity index (χ4v) is 2.96. The summed E-state index contributed by atoms with van der Waals surface area (Å²) >= 11 is 6.93. The van der Waals surface area contributed by atoms with Crippen LogP contribution in [-0.2, 0) is 13.5 Å². The van der Waals surface area contributed by atoms with Gasteiger partial charge in [0.2, 0.25) is 5.13 Å². The highest BCUT2D eigenvalue weighted by Gasteiger charge is 2.13. The number of amides is 1. The molecule has 0 radical (unpaired) electrons. The van der Waals surface area contributed by atoms with Crippen molar-refractivity contribution in [2.24, 2.45) is 7.05 Å². The van der Waals surface area contributed by atoms with Gasteiger partial charge in [0, 0.05) is 19.5 Å². The van der Waals surface area contributed by atoms with Crippen LogP contribution in [0.15, 0.2) is 35.1 Å². The van der Waals surface area contributed by atoms with Crippen LogP contribution >= 0.6 is 22.9 Å². The van der Waals surface area contributed by atoms with E-state index >= 15 is 0 Å². The molecule has 0 atom stereocenters. The first kappa shape index (κ1) is 17.2. The summed E-state index contributed by atoms with van der Waals surface area (Å²) in [6.07, 6.45) is 0.408. The van der Waals surface area contributed by atoms with Crippen molar-refractivity contribution >= 4 is 34.0 Å². The number of nitrogens with zero attached hydrogens (tertiary/aromatic N) is 4. The Kier molecular flexibility index (Phi) is 4.86. The standard InChI is InChI=1S/C15H11ClFN5O2S/c1-22-13(23)5-4-11(21-22)14(24)18-15-20-19-12(25-15)7-8-2-3-10(17)9(16)6-8/h2-6H,7H2,1H3,(H,18,20,24). The first-order valence-electron chi connectivity index (χ1n) is 7.04. The van der Waals surface area contributed by atoms with Gasteiger partial charge in [-0.25, -0.2) is 9.07 Å². The van der Waals surface area contributed by atoms with Crippen molar-refractivity contribution in [3.63, 3.8) is 0 Å². The summed E-state index contributed by atoms with van der Waals surface area (Å²) in [5.41, 5.74) is 0.553. The summed E-state index contributed by atoms with van der Waals surface area (Å²) in [6.45, 7) is 0. The van der Waals surface area contributed by atoms with Crippen molar-refractivity contribution in [2.75, 3.05) is 5.32 Å². The lowest BCUT2D eigenvalue weighted by molar-refractivity contribution is 0.102. The van der Waals surface area contributed by atoms with Crippen molar-refractivity contribution in [1.82, 2.24) is 20.0 Å². The molecule has 2 aromatic heterocycles. The molecule has 0 fully saturated rings. The lowest BCUT2D eigenvalue weighted by atomic mass is 10.1. The Morgan fingerprint density at radius 1 is 1.32 bits per heavy atom. The molecule has 7 nitrogen and oxygen atoms in total. The number of carbonyl (C=O) groups excluding carboxylic acids is 1. The van der Waals surface area contributed by atoms with Crippen molar-refractivity contribution < 1.29 is 9.18 Å². The highest BCUT2D eigenvalue weighted by Crippen LogP contribution is 2.22. The number of hydrogen-bond acceptors (Lipinski definition) is 6. The molecular weight excluding hydrogens is 369 g/mol. The summed E-state index contributed by atoms with van der Waals surface area (Å²) in [4.78, 5) is 23.4. The average molecular weight is 380 g/mol. The smallest absolute Gasteiger partial charge is 0.277 e. The highest BCUT2D eigenvalue weighted by atomic mass is 35.5. The molecule has 10 heteroatoms. The Bertz CT molecular complexity index is 1000. The van der Waals surface area contributed by atoms with Crippen LogP contribution in [-0.4, -0.2) is 25.9 Å². The zero-order valence-corrected chi connectivity index (χ0v) is 14.4. The lowest BCUT2D eigenvalue weighted by Gasteiger charge is -2.01. The summed E-state index contributed by atoms with van der Waals surface area (Å²) in [7, 11) is 1.45. The zero-order valence-electron chi connectivity index (χ0n) is 12.9. The van der Waals surface area contributed by atoms with Gasteiger partial charge in [-0.05, 0) is 23.8 Å². The van der Waals surface area contributed by atoms with Gasteiger partial charge in [-0.15, -0.1) is 10.2 Å². The molecule has 0 saturated carbocycles. The second-order valence-electron chi connectivity index (χ2n) is 5.06. The SMILES string of the molecule is Cn1nc(C(=O)Nc2nnc(Cc3ccc(F)c(Cl)c3)s2)ccc1=O. The van der Waals surface area contributed by atoms with Gasteiger partial charge in [0.25, 0.3) is 11.5 Å². The topological polar surface area (TPSA) is 89.8 Å². The Balaban J connectivity index is 1.70. The van der Waals surface area contributed by atoms with E-state index in [-0.39, 0.29) is 16.3 Å². The lowest BCUT2D eigenvalue weighted by Crippen LogP contribution is -2.23. The van der Waals surface area contributed by atoms with Gasteiger partial charge < -0.3 is 0 Å². The van der Waals surface area contributed by atoms with Crippen LogP contribution in [0.2, 0.25) is 5.02 Å². The number of nitrogens with one attached hydrogen (secondary N) is 1. The number of halogens is 2. The first-order chi connectivity index (χ1) is 11.9. The van der Waals surface area contributed by atoms with Gasteiger partial charge in [-0.2, -0.15) is 5.10 Å². The third-order valence-corrected chi connectivity index (χ3v) is 4.35. The second kappa shape index (κ2) is 7.08. The fourth-order valence-electron chi connectivity index (χ4n) is 1.98. The minimum Gasteiger partial charge on any atom is -0.295 e. The summed E-state index contributed by atoms with van der Waals surface area (Å²) < 4.78 is 14.2. The number of benzene rings is 1. The van der Waals surface area contributed by atoms with E-state index in [0.29, 0.717) is 16.6 Å². The largest absolute Gasteiger partial charge is 0.295 e. The molecule has 3 aromatic rings. The highest BCUT2D eigenvalue weighted by molar-refractivity contribution is 7.15. The van der Waals surface area contributed by atoms with Gasteiger partial charge in [-0.1, -0.05) is 29.0 Å². The first-order valence-corrected chi connectivity index (χ1v) is 8.24. The van der Waals surface area contributed by atoms with E-state index in [9.17, 15) is 14.0 Å². The van der Waals surface area contributed by atoms with Crippen LogP contribution in [0, 0.1) is 5.82 Å². The maximum absolute atomic E-state index is 13.2. The fraction of sp³-hybridized carbons (Fsp3) is 0.133. The summed E-state index contributed by atoms with van der Waals surface area (Å²) in [6, 6.07) is 7.00. The minimum absolute atomic E-state index is 0.0382. The van der Waals surface area contributed by atoms with Crippen LogP contribution in [0.3, 0.4) is 0 Å². The Morgan fingerprint density at radius 2 is 2.12 bits per heavy atom. The van der Waals surface area contributed by atoms with Crippen LogP contribution in [0.1, 0.15) is 21.1 Å². The van der Waals surface area contributed by atoms with E-state index in [1.54, 1.807) is 6.07 Å². The predicted molar refractivity (Wildman–Crippen MR) is 91.6 cm³/mol. The van der Waals surface area contributed by atoms with Gasteiger partial charge in [0.1, 0.15) is 16.5 Å². The maximum Gasteiger partial charge on any atom is 0.277 e. The Labute approximate surface area is 150 Å². The molecule has 0 aliphatic heterocycles. The number of carbonyl (C=O) groups is 1. The van der Waals surface area contributed by atoms with Gasteiger partial charge in [0.15, 0.2) is 0 Å². The van der Waals surface area contributed by atoms with Gasteiger partial charge in [-0.3, -0.25) is 14.9 Å². The molecule has 2 heterocycles. The molecule has 0 bridgehead atoms. The van der Waals surface area contributed by atoms with E-state index in [1.165, 1.54) is 42.6 Å². The quantitative estimate of drug-likeness (QED) is 0.751. The van der Waals surface area contributed by atoms with Crippen molar-refractivity contribution in [2.45, 2.75) is 6.42 Å². The summed E-state index contributed by atoms with van der Waals surface area (Å²) in [5.74, 6) is -0.983. The molecule has 0 aliphatic carbocycles. The number of hydrogen-bond donors (Lipinski definition) is 1. The number of anilines is 1. The molecule has 1 amide bonds. The third kappa shape index (κ3) is 4.06. The number of aryl methyl sites for hydroxylation is 1. The van der Waals surface area contributed by atoms with Crippen LogP contribution in [0.25, 0.3) is 0 Å². The van der Waals surface area contributed by atoms with E-state index in [4.69, 9.17) is 11.6 Å². The molecule has 3 rings (SSSR count). The minimum atomic E-state index is -0.497. The van der Waals surface area contributed by atoms with E-state index in [2.05, 4.69) is 20.6 Å². The number of rotatable bonds is 4. The third-order valence-electron chi connectivity index (χ3n) is 3.22. The van der Waals surface area contributed by atoms with Crippen molar-refractivity contribution in [1.29, 1.82) is 0 Å². The van der Waals surface area contributed by atoms with Crippen LogP contribution in [0.4, 0.5) is 9.52 Å². The van der Waals surface area contributed by atoms with E-state index in [0.717, 1.165) is 10.2 Å². The molecular formula is C15H11ClFN5O2S. The normalized spacial score (nSPS) is 10.7. The predicted octanol–water partition coefficient (Wildman–Crippen LogP) is 2.27. The zero-order chi connectivity index (χ0) is 18.0. The van der Waals surface area contributed by atoms with E-state index < -0.39 is 11.7 Å². The molecule has 0 unspecified atom stereocenters. The molecule has 25 heavy (non-hydrogen) atoms. The van der Waals surface area contributed by atoms with E-state index in [1.807, 2.05) is 0 Å². The van der Waals surface area contributed by atoms with Crippen molar-refractivity contribution in [3.05, 3.63) is 67.8 Å². The monoisotopic (exact) mass is 379 g/mol. The Hall–Kier alpha value is -2.65. The van der Waals surface area contributed by atoms with Crippen molar-refractivity contribution in [3.8, 4) is 0 Å².